The molecule has 0 fully saturated rings. The zero-order valence-electron chi connectivity index (χ0n) is 16.0. The minimum atomic E-state index is 1.16. The van der Waals surface area contributed by atoms with Crippen molar-refractivity contribution in [2.75, 3.05) is 0 Å². The zero-order chi connectivity index (χ0) is 18.4. The number of pyridine rings is 1. The average molecular weight is 342 g/mol. The number of nitrogens with zero attached hydrogens (tertiary/aromatic N) is 3. The molecule has 0 aliphatic heterocycles. The number of fused-ring (bicyclic) bond motifs is 1. The third-order valence-electron chi connectivity index (χ3n) is 5.27. The van der Waals surface area contributed by atoms with Gasteiger partial charge in [-0.3, -0.25) is 4.98 Å². The third-order valence-corrected chi connectivity index (χ3v) is 5.27. The predicted octanol–water partition coefficient (Wildman–Crippen LogP) is 4.75. The molecule has 3 heteroatoms. The number of aromatic nitrogens is 3. The largest absolute Gasteiger partial charge is 0.296 e. The van der Waals surface area contributed by atoms with Crippen LogP contribution in [-0.4, -0.2) is 9.55 Å². The van der Waals surface area contributed by atoms with Crippen LogP contribution in [0, 0.1) is 27.7 Å². The Morgan fingerprint density at radius 1 is 0.808 bits per heavy atom. The quantitative estimate of drug-likeness (QED) is 0.482. The van der Waals surface area contributed by atoms with Crippen LogP contribution in [0.4, 0.5) is 0 Å². The van der Waals surface area contributed by atoms with E-state index in [1.54, 1.807) is 0 Å². The molecule has 3 nitrogen and oxygen atoms in total. The van der Waals surface area contributed by atoms with E-state index < -0.39 is 0 Å². The first-order chi connectivity index (χ1) is 12.5. The topological polar surface area (TPSA) is 21.7 Å². The summed E-state index contributed by atoms with van der Waals surface area (Å²) in [6.45, 7) is 8.71. The Bertz CT molecular complexity index is 1120. The Kier molecular flexibility index (Phi) is 3.87. The van der Waals surface area contributed by atoms with Crippen molar-refractivity contribution in [1.82, 2.24) is 9.55 Å². The highest BCUT2D eigenvalue weighted by atomic mass is 15.2. The molecule has 2 aromatic carbocycles. The van der Waals surface area contributed by atoms with E-state index in [0.717, 1.165) is 11.4 Å². The number of rotatable bonds is 2. The highest BCUT2D eigenvalue weighted by Crippen LogP contribution is 2.29. The van der Waals surface area contributed by atoms with E-state index in [1.807, 2.05) is 12.4 Å². The summed E-state index contributed by atoms with van der Waals surface area (Å²) in [5.41, 5.74) is 9.94. The first kappa shape index (κ1) is 16.5. The molecule has 0 N–H and O–H groups in total. The summed E-state index contributed by atoms with van der Waals surface area (Å²) in [4.78, 5) is 4.41. The lowest BCUT2D eigenvalue weighted by atomic mass is 10.1. The molecule has 0 aliphatic carbocycles. The van der Waals surface area contributed by atoms with Gasteiger partial charge in [-0.25, -0.2) is 4.57 Å². The Morgan fingerprint density at radius 2 is 1.46 bits per heavy atom. The summed E-state index contributed by atoms with van der Waals surface area (Å²) < 4.78 is 4.71. The van der Waals surface area contributed by atoms with Crippen LogP contribution in [0.15, 0.2) is 54.9 Å². The molecule has 4 rings (SSSR count). The molecule has 0 aliphatic rings. The molecule has 0 bridgehead atoms. The molecule has 0 saturated heterocycles. The smallest absolute Gasteiger partial charge is 0.264 e. The van der Waals surface area contributed by atoms with Crippen LogP contribution >= 0.6 is 0 Å². The fourth-order valence-corrected chi connectivity index (χ4v) is 3.95. The lowest BCUT2D eigenvalue weighted by molar-refractivity contribution is -0.557. The van der Waals surface area contributed by atoms with Gasteiger partial charge in [0.1, 0.15) is 5.69 Å². The van der Waals surface area contributed by atoms with Crippen LogP contribution in [0.5, 0.6) is 0 Å². The van der Waals surface area contributed by atoms with Gasteiger partial charge < -0.3 is 0 Å². The first-order valence-corrected chi connectivity index (χ1v) is 8.98. The lowest BCUT2D eigenvalue weighted by Gasteiger charge is -2.11. The fraction of sp³-hybridized carbons (Fsp3) is 0.217. The Labute approximate surface area is 154 Å². The van der Waals surface area contributed by atoms with E-state index in [9.17, 15) is 0 Å². The number of aryl methyl sites for hydroxylation is 5. The van der Waals surface area contributed by atoms with Crippen molar-refractivity contribution in [3.05, 3.63) is 77.1 Å². The van der Waals surface area contributed by atoms with Gasteiger partial charge in [0.15, 0.2) is 11.0 Å². The summed E-state index contributed by atoms with van der Waals surface area (Å²) >= 11 is 0. The first-order valence-electron chi connectivity index (χ1n) is 8.98. The van der Waals surface area contributed by atoms with Crippen molar-refractivity contribution in [2.24, 2.45) is 7.05 Å². The number of hydrogen-bond acceptors (Lipinski definition) is 1. The number of benzene rings is 2. The molecule has 0 radical (unpaired) electrons. The maximum atomic E-state index is 4.41. The second-order valence-corrected chi connectivity index (χ2v) is 7.09. The van der Waals surface area contributed by atoms with E-state index in [4.69, 9.17) is 0 Å². The average Bonchev–Trinajstić information content (AvgIpc) is 2.90. The van der Waals surface area contributed by atoms with Gasteiger partial charge in [0.25, 0.3) is 5.82 Å². The molecule has 26 heavy (non-hydrogen) atoms. The Balaban J connectivity index is 2.25. The molecule has 0 atom stereocenters. The zero-order valence-corrected chi connectivity index (χ0v) is 16.0. The van der Waals surface area contributed by atoms with Crippen LogP contribution < -0.4 is 4.57 Å². The van der Waals surface area contributed by atoms with Crippen molar-refractivity contribution >= 4 is 11.0 Å². The molecule has 0 saturated carbocycles. The van der Waals surface area contributed by atoms with Gasteiger partial charge in [-0.05, 0) is 56.5 Å². The van der Waals surface area contributed by atoms with Gasteiger partial charge in [0.05, 0.1) is 12.6 Å². The van der Waals surface area contributed by atoms with Crippen molar-refractivity contribution in [3.63, 3.8) is 0 Å². The van der Waals surface area contributed by atoms with E-state index in [0.29, 0.717) is 0 Å². The lowest BCUT2D eigenvalue weighted by Crippen LogP contribution is -2.35. The van der Waals surface area contributed by atoms with Gasteiger partial charge >= 0.3 is 0 Å². The summed E-state index contributed by atoms with van der Waals surface area (Å²) in [6, 6.07) is 15.1. The molecule has 0 unspecified atom stereocenters. The van der Waals surface area contributed by atoms with Crippen LogP contribution in [0.2, 0.25) is 0 Å². The Morgan fingerprint density at radius 3 is 2.15 bits per heavy atom. The van der Waals surface area contributed by atoms with E-state index in [1.165, 1.54) is 39.0 Å². The van der Waals surface area contributed by atoms with Crippen LogP contribution in [0.25, 0.3) is 28.1 Å². The molecular weight excluding hydrogens is 318 g/mol. The molecule has 130 valence electrons. The summed E-state index contributed by atoms with van der Waals surface area (Å²) in [6.07, 6.45) is 3.83. The van der Waals surface area contributed by atoms with Gasteiger partial charge in [-0.1, -0.05) is 30.3 Å². The third kappa shape index (κ3) is 2.35. The van der Waals surface area contributed by atoms with Gasteiger partial charge in [-0.2, -0.15) is 4.57 Å². The van der Waals surface area contributed by atoms with E-state index in [2.05, 4.69) is 91.3 Å². The minimum absolute atomic E-state index is 1.16. The normalized spacial score (nSPS) is 11.3. The highest BCUT2D eigenvalue weighted by Gasteiger charge is 2.29. The van der Waals surface area contributed by atoms with Gasteiger partial charge in [0, 0.05) is 18.0 Å². The summed E-state index contributed by atoms with van der Waals surface area (Å²) in [5, 5.41) is 0. The molecule has 0 amide bonds. The number of para-hydroxylation sites is 2. The molecule has 2 aromatic heterocycles. The maximum absolute atomic E-state index is 4.41. The molecule has 2 heterocycles. The van der Waals surface area contributed by atoms with E-state index in [-0.39, 0.29) is 0 Å². The van der Waals surface area contributed by atoms with Gasteiger partial charge in [-0.15, -0.1) is 0 Å². The summed E-state index contributed by atoms with van der Waals surface area (Å²) in [7, 11) is 2.15. The molecule has 4 aromatic rings. The fourth-order valence-electron chi connectivity index (χ4n) is 3.95. The second kappa shape index (κ2) is 6.10. The van der Waals surface area contributed by atoms with Crippen molar-refractivity contribution in [2.45, 2.75) is 27.7 Å². The van der Waals surface area contributed by atoms with E-state index >= 15 is 0 Å². The monoisotopic (exact) mass is 342 g/mol. The molecule has 0 spiro atoms. The maximum Gasteiger partial charge on any atom is 0.296 e. The van der Waals surface area contributed by atoms with Crippen LogP contribution in [0.1, 0.15) is 22.3 Å². The SMILES string of the molecule is Cc1ccncc1-c1n(C)c2cccc(C)c2[n+]1-c1c(C)cccc1C. The second-order valence-electron chi connectivity index (χ2n) is 7.09. The molecular formula is C23H24N3+. The number of hydrogen-bond donors (Lipinski definition) is 0. The highest BCUT2D eigenvalue weighted by molar-refractivity contribution is 5.80. The van der Waals surface area contributed by atoms with Crippen LogP contribution in [0.3, 0.4) is 0 Å². The van der Waals surface area contributed by atoms with Gasteiger partial charge in [0.2, 0.25) is 0 Å². The Hall–Kier alpha value is -2.94. The van der Waals surface area contributed by atoms with Crippen molar-refractivity contribution in [1.29, 1.82) is 0 Å². The minimum Gasteiger partial charge on any atom is -0.264 e. The van der Waals surface area contributed by atoms with Crippen LogP contribution in [-0.2, 0) is 7.05 Å². The predicted molar refractivity (Wildman–Crippen MR) is 107 cm³/mol. The van der Waals surface area contributed by atoms with Crippen molar-refractivity contribution in [3.8, 4) is 17.1 Å². The number of imidazole rings is 1. The summed E-state index contributed by atoms with van der Waals surface area (Å²) in [5.74, 6) is 1.16. The standard InChI is InChI=1S/C23H24N3/c1-15-12-13-24-14-19(15)23-25(5)20-11-7-10-18(4)22(20)26(23)21-16(2)8-6-9-17(21)3/h6-14H,1-5H3/q+1. The van der Waals surface area contributed by atoms with Crippen molar-refractivity contribution < 1.29 is 4.57 Å².